The zero-order chi connectivity index (χ0) is 16.2. The summed E-state index contributed by atoms with van der Waals surface area (Å²) in [7, 11) is 0. The molecule has 2 N–H and O–H groups in total. The molecule has 128 valence electrons. The molecule has 1 unspecified atom stereocenters. The van der Waals surface area contributed by atoms with E-state index in [9.17, 15) is 4.79 Å². The van der Waals surface area contributed by atoms with Gasteiger partial charge in [0.2, 0.25) is 0 Å². The summed E-state index contributed by atoms with van der Waals surface area (Å²) in [6, 6.07) is -0.0869. The molecule has 2 bridgehead atoms. The van der Waals surface area contributed by atoms with Gasteiger partial charge in [-0.25, -0.2) is 0 Å². The lowest BCUT2D eigenvalue weighted by Gasteiger charge is -2.65. The van der Waals surface area contributed by atoms with Crippen LogP contribution < -0.4 is 5.23 Å². The van der Waals surface area contributed by atoms with Crippen molar-refractivity contribution in [3.63, 3.8) is 0 Å². The molecular weight excluding hydrogens is 291 g/mol. The molecule has 3 aliphatic carbocycles. The molecule has 0 radical (unpaired) electrons. The summed E-state index contributed by atoms with van der Waals surface area (Å²) in [5.74, 6) is 1.75. The maximum Gasteiger partial charge on any atom is 0.492 e. The molecule has 0 aromatic heterocycles. The van der Waals surface area contributed by atoms with Crippen LogP contribution in [0.5, 0.6) is 0 Å². The Morgan fingerprint density at radius 3 is 2.83 bits per heavy atom. The van der Waals surface area contributed by atoms with Gasteiger partial charge in [0, 0.05) is 18.6 Å². The van der Waals surface area contributed by atoms with E-state index in [1.807, 2.05) is 6.92 Å². The molecule has 5 nitrogen and oxygen atoms in total. The number of fused-ring (bicyclic) bond motifs is 2. The van der Waals surface area contributed by atoms with E-state index in [4.69, 9.17) is 9.31 Å². The molecule has 3 aliphatic heterocycles. The Kier molecular flexibility index (Phi) is 2.65. The van der Waals surface area contributed by atoms with Crippen LogP contribution in [-0.2, 0) is 14.1 Å². The molecule has 1 amide bonds. The molecule has 23 heavy (non-hydrogen) atoms. The number of amides is 1. The van der Waals surface area contributed by atoms with E-state index >= 15 is 0 Å². The van der Waals surface area contributed by atoms with Gasteiger partial charge >= 0.3 is 6.69 Å². The Bertz CT molecular complexity index is 584. The van der Waals surface area contributed by atoms with Gasteiger partial charge in [-0.3, -0.25) is 4.79 Å². The third-order valence-corrected chi connectivity index (χ3v) is 8.18. The fourth-order valence-corrected chi connectivity index (χ4v) is 6.81. The first-order chi connectivity index (χ1) is 10.8. The van der Waals surface area contributed by atoms with Crippen LogP contribution in [0.2, 0.25) is 0 Å². The lowest BCUT2D eigenvalue weighted by Crippen LogP contribution is -3.12. The van der Waals surface area contributed by atoms with Gasteiger partial charge in [-0.15, -0.1) is 0 Å². The summed E-state index contributed by atoms with van der Waals surface area (Å²) in [6.07, 6.45) is 4.70. The molecule has 0 aromatic rings. The first kappa shape index (κ1) is 14.7. The van der Waals surface area contributed by atoms with Crippen molar-refractivity contribution in [1.29, 1.82) is 0 Å². The fourth-order valence-electron chi connectivity index (χ4n) is 6.81. The highest BCUT2D eigenvalue weighted by molar-refractivity contribution is 6.61. The van der Waals surface area contributed by atoms with Crippen LogP contribution in [-0.4, -0.2) is 47.7 Å². The number of carbonyl (C=O) groups is 1. The lowest BCUT2D eigenvalue weighted by atomic mass is 9.43. The van der Waals surface area contributed by atoms with Crippen molar-refractivity contribution >= 4 is 12.6 Å². The molecule has 7 atom stereocenters. The maximum atomic E-state index is 12.5. The third kappa shape index (κ3) is 1.58. The highest BCUT2D eigenvalue weighted by atomic mass is 16.7. The summed E-state index contributed by atoms with van der Waals surface area (Å²) in [5, 5.41) is 2.14. The van der Waals surface area contributed by atoms with E-state index in [2.05, 4.69) is 30.9 Å². The molecule has 0 aromatic carbocycles. The first-order valence-electron chi connectivity index (χ1n) is 9.48. The predicted molar refractivity (Wildman–Crippen MR) is 86.2 cm³/mol. The molecule has 6 fully saturated rings. The minimum Gasteiger partial charge on any atom is -0.508 e. The van der Waals surface area contributed by atoms with Crippen molar-refractivity contribution in [2.24, 2.45) is 17.3 Å². The summed E-state index contributed by atoms with van der Waals surface area (Å²) < 4.78 is 13.6. The minimum absolute atomic E-state index is 0.0869. The summed E-state index contributed by atoms with van der Waals surface area (Å²) in [6.45, 7) is 8.48. The van der Waals surface area contributed by atoms with Crippen LogP contribution in [0, 0.1) is 17.3 Å². The number of hydrogen-bond donors (Lipinski definition) is 1. The van der Waals surface area contributed by atoms with Crippen molar-refractivity contribution in [2.75, 3.05) is 6.54 Å². The van der Waals surface area contributed by atoms with E-state index in [-0.39, 0.29) is 29.6 Å². The van der Waals surface area contributed by atoms with Crippen LogP contribution in [0.25, 0.3) is 0 Å². The average molecular weight is 320 g/mol. The second-order valence-electron chi connectivity index (χ2n) is 9.52. The van der Waals surface area contributed by atoms with Crippen LogP contribution >= 0.6 is 0 Å². The highest BCUT2D eigenvalue weighted by Gasteiger charge is 2.72. The normalized spacial score (nSPS) is 56.4. The first-order valence-corrected chi connectivity index (χ1v) is 9.48. The molecule has 1 spiro atoms. The second kappa shape index (κ2) is 4.14. The average Bonchev–Trinajstić information content (AvgIpc) is 3.06. The lowest BCUT2D eigenvalue weighted by molar-refractivity contribution is -0.590. The van der Waals surface area contributed by atoms with Crippen LogP contribution in [0.1, 0.15) is 53.4 Å². The quantitative estimate of drug-likeness (QED) is 0.667. The predicted octanol–water partition coefficient (Wildman–Crippen LogP) is 0.661. The Hall–Kier alpha value is -0.585. The van der Waals surface area contributed by atoms with Crippen molar-refractivity contribution in [2.45, 2.75) is 77.1 Å². The van der Waals surface area contributed by atoms with E-state index in [0.29, 0.717) is 11.3 Å². The number of hydrogen-bond acceptors (Lipinski definition) is 3. The molecular formula is C17H29BN2O3. The minimum atomic E-state index is -1.47. The van der Waals surface area contributed by atoms with Crippen LogP contribution in [0.15, 0.2) is 0 Å². The van der Waals surface area contributed by atoms with E-state index in [0.717, 1.165) is 31.7 Å². The largest absolute Gasteiger partial charge is 0.508 e. The van der Waals surface area contributed by atoms with Crippen molar-refractivity contribution in [1.82, 2.24) is 4.90 Å². The summed E-state index contributed by atoms with van der Waals surface area (Å²) in [5.41, 5.74) is 0.185. The molecule has 3 saturated carbocycles. The fraction of sp³-hybridized carbons (Fsp3) is 0.941. The zero-order valence-corrected chi connectivity index (χ0v) is 14.7. The van der Waals surface area contributed by atoms with Gasteiger partial charge in [0.25, 0.3) is 5.91 Å². The second-order valence-corrected chi connectivity index (χ2v) is 9.52. The van der Waals surface area contributed by atoms with Gasteiger partial charge in [0.1, 0.15) is 6.04 Å². The van der Waals surface area contributed by atoms with Gasteiger partial charge in [0.15, 0.2) is 0 Å². The number of carbonyl (C=O) groups excluding carboxylic acids is 1. The molecule has 6 heteroatoms. The number of nitrogens with two attached hydrogens (primary N) is 1. The zero-order valence-electron chi connectivity index (χ0n) is 14.7. The Labute approximate surface area is 138 Å². The van der Waals surface area contributed by atoms with Gasteiger partial charge < -0.3 is 19.4 Å². The Balaban J connectivity index is 1.52. The van der Waals surface area contributed by atoms with E-state index in [1.165, 1.54) is 6.42 Å². The molecule has 3 heterocycles. The standard InChI is InChI=1S/C17H29BN2O3/c1-10-15(21)20-7-5-6-14(20)18(19-10)22-13-9-11-8-12(16(11,2)3)17(13,4)23-18/h10-14H,5-9,19H2,1-4H3/t10-,11-,12-,13+,14-,17-,18?/m0/s1. The van der Waals surface area contributed by atoms with Crippen molar-refractivity contribution in [3.8, 4) is 0 Å². The van der Waals surface area contributed by atoms with Crippen LogP contribution in [0.4, 0.5) is 0 Å². The summed E-state index contributed by atoms with van der Waals surface area (Å²) in [4.78, 5) is 14.6. The highest BCUT2D eigenvalue weighted by Crippen LogP contribution is 2.66. The Morgan fingerprint density at radius 2 is 2.09 bits per heavy atom. The SMILES string of the molecule is C[C@@H]1[NH2+][B-]2(O[C@@H]3C[C@@H]4C[C@@H](C4(C)C)[C@]3(C)O2)[C@@H]2CCCN2C1=O. The van der Waals surface area contributed by atoms with Gasteiger partial charge in [-0.05, 0) is 50.4 Å². The van der Waals surface area contributed by atoms with Gasteiger partial charge in [-0.2, -0.15) is 0 Å². The number of nitrogens with zero attached hydrogens (tertiary/aromatic N) is 1. The smallest absolute Gasteiger partial charge is 0.492 e. The van der Waals surface area contributed by atoms with Crippen molar-refractivity contribution < 1.29 is 19.3 Å². The monoisotopic (exact) mass is 320 g/mol. The maximum absolute atomic E-state index is 12.5. The topological polar surface area (TPSA) is 55.4 Å². The number of quaternary nitrogens is 1. The Morgan fingerprint density at radius 1 is 1.30 bits per heavy atom. The molecule has 6 aliphatic rings. The van der Waals surface area contributed by atoms with Crippen molar-refractivity contribution in [3.05, 3.63) is 0 Å². The molecule has 6 rings (SSSR count). The third-order valence-electron chi connectivity index (χ3n) is 8.18. The van der Waals surface area contributed by atoms with Crippen LogP contribution in [0.3, 0.4) is 0 Å². The van der Waals surface area contributed by atoms with E-state index in [1.54, 1.807) is 0 Å². The number of rotatable bonds is 0. The summed E-state index contributed by atoms with van der Waals surface area (Å²) >= 11 is 0. The molecule has 3 saturated heterocycles. The van der Waals surface area contributed by atoms with Gasteiger partial charge in [0.05, 0.1) is 5.60 Å². The van der Waals surface area contributed by atoms with Gasteiger partial charge in [-0.1, -0.05) is 20.3 Å². The van der Waals surface area contributed by atoms with E-state index < -0.39 is 6.69 Å².